The molecule has 0 radical (unpaired) electrons. The summed E-state index contributed by atoms with van der Waals surface area (Å²) in [6.45, 7) is 8.51. The summed E-state index contributed by atoms with van der Waals surface area (Å²) in [5.74, 6) is 0. The van der Waals surface area contributed by atoms with Crippen LogP contribution in [0.25, 0.3) is 0 Å². The molecule has 1 saturated heterocycles. The van der Waals surface area contributed by atoms with Gasteiger partial charge >= 0.3 is 0 Å². The van der Waals surface area contributed by atoms with Gasteiger partial charge in [-0.2, -0.15) is 0 Å². The van der Waals surface area contributed by atoms with Gasteiger partial charge in [0, 0.05) is 18.2 Å². The molecule has 1 aliphatic heterocycles. The van der Waals surface area contributed by atoms with Crippen molar-refractivity contribution in [2.75, 3.05) is 7.11 Å². The molecule has 0 spiro atoms. The van der Waals surface area contributed by atoms with E-state index in [1.54, 1.807) is 7.11 Å². The fourth-order valence-corrected chi connectivity index (χ4v) is 3.41. The van der Waals surface area contributed by atoms with Crippen molar-refractivity contribution in [3.63, 3.8) is 0 Å². The molecule has 0 bridgehead atoms. The van der Waals surface area contributed by atoms with Gasteiger partial charge in [-0.25, -0.2) is 0 Å². The zero-order valence-corrected chi connectivity index (χ0v) is 12.1. The molecule has 0 aromatic rings. The van der Waals surface area contributed by atoms with Crippen molar-refractivity contribution >= 4 is 0 Å². The number of piperidine rings is 1. The lowest BCUT2D eigenvalue weighted by atomic mass is 9.72. The highest BCUT2D eigenvalue weighted by molar-refractivity contribution is 5.06. The number of hydroxylamine groups is 2. The van der Waals surface area contributed by atoms with Gasteiger partial charge in [0.2, 0.25) is 0 Å². The molecule has 3 nitrogen and oxygen atoms in total. The normalized spacial score (nSPS) is 25.1. The molecule has 102 valence electrons. The summed E-state index contributed by atoms with van der Waals surface area (Å²) < 4.78 is 5.59. The topological polar surface area (TPSA) is 35.5 Å². The van der Waals surface area contributed by atoms with E-state index in [0.717, 1.165) is 38.5 Å². The molecule has 0 amide bonds. The molecule has 0 aromatic heterocycles. The van der Waals surface area contributed by atoms with Crippen LogP contribution in [0.5, 0.6) is 0 Å². The minimum Gasteiger partial charge on any atom is -0.784 e. The van der Waals surface area contributed by atoms with E-state index in [1.165, 1.54) is 5.06 Å². The third kappa shape index (κ3) is 2.38. The fraction of sp³-hybridized carbons (Fsp3) is 1.00. The Bertz CT molecular complexity index is 212. The lowest BCUT2D eigenvalue weighted by Gasteiger charge is -2.64. The summed E-state index contributed by atoms with van der Waals surface area (Å²) in [5, 5.41) is 14.3. The van der Waals surface area contributed by atoms with Gasteiger partial charge in [0.15, 0.2) is 0 Å². The molecule has 0 unspecified atom stereocenters. The zero-order chi connectivity index (χ0) is 13.1. The molecule has 1 fully saturated rings. The van der Waals surface area contributed by atoms with Crippen molar-refractivity contribution < 1.29 is 4.74 Å². The largest absolute Gasteiger partial charge is 0.784 e. The lowest BCUT2D eigenvalue weighted by molar-refractivity contribution is -0.100. The molecule has 0 aromatic carbocycles. The Kier molecular flexibility index (Phi) is 4.99. The summed E-state index contributed by atoms with van der Waals surface area (Å²) in [6, 6.07) is 0. The highest BCUT2D eigenvalue weighted by Crippen LogP contribution is 2.45. The van der Waals surface area contributed by atoms with Crippen molar-refractivity contribution in [2.45, 2.75) is 83.4 Å². The first-order chi connectivity index (χ1) is 8.04. The van der Waals surface area contributed by atoms with Crippen molar-refractivity contribution in [3.8, 4) is 0 Å². The zero-order valence-electron chi connectivity index (χ0n) is 12.1. The standard InChI is InChI=1S/C14H28NO2/c1-6-13(7-2)10-12(17-5)11-14(8-3,9-4)15(13)16/h12H,6-11H2,1-5H3/q-1. The molecule has 1 rings (SSSR count). The van der Waals surface area contributed by atoms with E-state index in [-0.39, 0.29) is 17.2 Å². The first-order valence-electron chi connectivity index (χ1n) is 7.04. The summed E-state index contributed by atoms with van der Waals surface area (Å²) in [7, 11) is 1.78. The molecule has 0 atom stereocenters. The summed E-state index contributed by atoms with van der Waals surface area (Å²) in [6.07, 6.45) is 5.63. The van der Waals surface area contributed by atoms with Gasteiger partial charge < -0.3 is 15.0 Å². The van der Waals surface area contributed by atoms with Crippen molar-refractivity contribution in [2.24, 2.45) is 0 Å². The number of hydrogen-bond acceptors (Lipinski definition) is 3. The first-order valence-corrected chi connectivity index (χ1v) is 7.04. The van der Waals surface area contributed by atoms with Crippen LogP contribution in [0.4, 0.5) is 0 Å². The Hall–Kier alpha value is -0.120. The van der Waals surface area contributed by atoms with Crippen LogP contribution in [-0.4, -0.2) is 29.4 Å². The second-order valence-electron chi connectivity index (χ2n) is 5.42. The molecular weight excluding hydrogens is 214 g/mol. The van der Waals surface area contributed by atoms with Gasteiger partial charge in [0.25, 0.3) is 0 Å². The maximum absolute atomic E-state index is 12.8. The second kappa shape index (κ2) is 5.68. The maximum Gasteiger partial charge on any atom is 0.0606 e. The van der Waals surface area contributed by atoms with Crippen LogP contribution < -0.4 is 0 Å². The van der Waals surface area contributed by atoms with Crippen LogP contribution >= 0.6 is 0 Å². The van der Waals surface area contributed by atoms with E-state index in [2.05, 4.69) is 27.7 Å². The highest BCUT2D eigenvalue weighted by Gasteiger charge is 2.46. The molecule has 0 N–H and O–H groups in total. The van der Waals surface area contributed by atoms with Gasteiger partial charge in [-0.15, -0.1) is 0 Å². The Morgan fingerprint density at radius 1 is 1.00 bits per heavy atom. The first kappa shape index (κ1) is 14.9. The summed E-state index contributed by atoms with van der Waals surface area (Å²) >= 11 is 0. The Balaban J connectivity index is 3.08. The number of rotatable bonds is 5. The van der Waals surface area contributed by atoms with Gasteiger partial charge in [0.05, 0.1) is 6.10 Å². The minimum absolute atomic E-state index is 0.217. The van der Waals surface area contributed by atoms with E-state index in [4.69, 9.17) is 4.74 Å². The Labute approximate surface area is 106 Å². The van der Waals surface area contributed by atoms with Gasteiger partial charge in [0.1, 0.15) is 0 Å². The summed E-state index contributed by atoms with van der Waals surface area (Å²) in [5.41, 5.74) is -0.435. The number of methoxy groups -OCH3 is 1. The number of hydrogen-bond donors (Lipinski definition) is 0. The van der Waals surface area contributed by atoms with E-state index >= 15 is 0 Å². The van der Waals surface area contributed by atoms with E-state index < -0.39 is 0 Å². The average molecular weight is 242 g/mol. The number of ether oxygens (including phenoxy) is 1. The third-order valence-corrected chi connectivity index (χ3v) is 5.04. The van der Waals surface area contributed by atoms with Gasteiger partial charge in [-0.05, 0) is 38.5 Å². The van der Waals surface area contributed by atoms with E-state index in [0.29, 0.717) is 0 Å². The van der Waals surface area contributed by atoms with Gasteiger partial charge in [-0.1, -0.05) is 27.7 Å². The van der Waals surface area contributed by atoms with Crippen LogP contribution in [-0.2, 0) is 4.74 Å². The average Bonchev–Trinajstić information content (AvgIpc) is 2.40. The monoisotopic (exact) mass is 242 g/mol. The SMILES string of the molecule is CCC1(CC)CC(OC)CC(CC)(CC)N1[O-]. The quantitative estimate of drug-likeness (QED) is 0.737. The minimum atomic E-state index is -0.217. The molecular formula is C14H28NO2-. The predicted molar refractivity (Wildman–Crippen MR) is 71.9 cm³/mol. The van der Waals surface area contributed by atoms with Crippen LogP contribution in [0.15, 0.2) is 0 Å². The van der Waals surface area contributed by atoms with Crippen molar-refractivity contribution in [1.29, 1.82) is 0 Å². The molecule has 1 heterocycles. The smallest absolute Gasteiger partial charge is 0.0606 e. The van der Waals surface area contributed by atoms with Gasteiger partial charge in [-0.3, -0.25) is 0 Å². The highest BCUT2D eigenvalue weighted by atomic mass is 16.5. The van der Waals surface area contributed by atoms with E-state index in [9.17, 15) is 5.21 Å². The molecule has 0 aliphatic carbocycles. The molecule has 0 saturated carbocycles. The van der Waals surface area contributed by atoms with Crippen LogP contribution in [0.2, 0.25) is 0 Å². The van der Waals surface area contributed by atoms with Crippen molar-refractivity contribution in [3.05, 3.63) is 5.21 Å². The van der Waals surface area contributed by atoms with Crippen LogP contribution in [0, 0.1) is 5.21 Å². The molecule has 1 aliphatic rings. The Morgan fingerprint density at radius 3 is 1.59 bits per heavy atom. The van der Waals surface area contributed by atoms with Crippen LogP contribution in [0.1, 0.15) is 66.2 Å². The molecule has 17 heavy (non-hydrogen) atoms. The van der Waals surface area contributed by atoms with Crippen molar-refractivity contribution in [1.82, 2.24) is 5.06 Å². The Morgan fingerprint density at radius 2 is 1.35 bits per heavy atom. The second-order valence-corrected chi connectivity index (χ2v) is 5.42. The lowest BCUT2D eigenvalue weighted by Crippen LogP contribution is -2.63. The fourth-order valence-electron chi connectivity index (χ4n) is 3.41. The third-order valence-electron chi connectivity index (χ3n) is 5.04. The van der Waals surface area contributed by atoms with Crippen LogP contribution in [0.3, 0.4) is 0 Å². The molecule has 3 heteroatoms. The van der Waals surface area contributed by atoms with E-state index in [1.807, 2.05) is 0 Å². The maximum atomic E-state index is 12.8. The summed E-state index contributed by atoms with van der Waals surface area (Å²) in [4.78, 5) is 0. The predicted octanol–water partition coefficient (Wildman–Crippen LogP) is 3.71. The number of nitrogens with zero attached hydrogens (tertiary/aromatic N) is 1.